The summed E-state index contributed by atoms with van der Waals surface area (Å²) in [4.78, 5) is 0.339. The van der Waals surface area contributed by atoms with Crippen LogP contribution in [0.25, 0.3) is 0 Å². The number of ether oxygens (including phenoxy) is 1. The molecule has 0 unspecified atom stereocenters. The van der Waals surface area contributed by atoms with Crippen molar-refractivity contribution in [2.75, 3.05) is 7.11 Å². The van der Waals surface area contributed by atoms with Gasteiger partial charge in [0, 0.05) is 18.2 Å². The van der Waals surface area contributed by atoms with Crippen molar-refractivity contribution < 1.29 is 13.2 Å². The van der Waals surface area contributed by atoms with Crippen LogP contribution in [0, 0.1) is 0 Å². The van der Waals surface area contributed by atoms with E-state index in [1.165, 1.54) is 0 Å². The molecule has 124 valence electrons. The van der Waals surface area contributed by atoms with Crippen molar-refractivity contribution in [2.45, 2.75) is 69.4 Å². The Morgan fingerprint density at radius 1 is 1.23 bits per heavy atom. The van der Waals surface area contributed by atoms with Crippen LogP contribution in [0.3, 0.4) is 0 Å². The van der Waals surface area contributed by atoms with Gasteiger partial charge in [0.2, 0.25) is 10.0 Å². The first kappa shape index (κ1) is 17.4. The van der Waals surface area contributed by atoms with Gasteiger partial charge in [0.15, 0.2) is 0 Å². The molecule has 0 atom stereocenters. The Morgan fingerprint density at radius 2 is 1.82 bits per heavy atom. The summed E-state index contributed by atoms with van der Waals surface area (Å²) in [5, 5.41) is 0. The molecule has 0 aromatic heterocycles. The SMILES string of the molecule is COC1(c2cc(C(C)C)ccc2S(=O)(=O)NC(C)(C)C)CC1. The molecule has 0 radical (unpaired) electrons. The van der Waals surface area contributed by atoms with Gasteiger partial charge in [0.25, 0.3) is 0 Å². The lowest BCUT2D eigenvalue weighted by molar-refractivity contribution is 0.0764. The van der Waals surface area contributed by atoms with Crippen molar-refractivity contribution in [1.29, 1.82) is 0 Å². The summed E-state index contributed by atoms with van der Waals surface area (Å²) in [6.07, 6.45) is 1.73. The summed E-state index contributed by atoms with van der Waals surface area (Å²) in [6, 6.07) is 5.62. The summed E-state index contributed by atoms with van der Waals surface area (Å²) in [5.74, 6) is 0.346. The molecule has 0 aliphatic heterocycles. The molecule has 1 aliphatic carbocycles. The molecule has 1 saturated carbocycles. The lowest BCUT2D eigenvalue weighted by Gasteiger charge is -2.24. The molecule has 4 nitrogen and oxygen atoms in total. The predicted octanol–water partition coefficient (Wildman–Crippen LogP) is 3.52. The summed E-state index contributed by atoms with van der Waals surface area (Å²) in [7, 11) is -1.92. The minimum Gasteiger partial charge on any atom is -0.373 e. The van der Waals surface area contributed by atoms with E-state index in [2.05, 4.69) is 18.6 Å². The van der Waals surface area contributed by atoms with Crippen LogP contribution in [0.15, 0.2) is 23.1 Å². The Kier molecular flexibility index (Phi) is 4.46. The molecule has 0 heterocycles. The summed E-state index contributed by atoms with van der Waals surface area (Å²) in [6.45, 7) is 9.74. The third kappa shape index (κ3) is 3.53. The topological polar surface area (TPSA) is 55.4 Å². The van der Waals surface area contributed by atoms with Crippen LogP contribution in [-0.4, -0.2) is 21.1 Å². The van der Waals surface area contributed by atoms with Gasteiger partial charge < -0.3 is 4.74 Å². The number of sulfonamides is 1. The summed E-state index contributed by atoms with van der Waals surface area (Å²) >= 11 is 0. The number of hydrogen-bond acceptors (Lipinski definition) is 3. The Morgan fingerprint density at radius 3 is 2.23 bits per heavy atom. The van der Waals surface area contributed by atoms with E-state index in [1.807, 2.05) is 32.9 Å². The van der Waals surface area contributed by atoms with Gasteiger partial charge in [0.1, 0.15) is 0 Å². The minimum atomic E-state index is -3.57. The molecular weight excluding hydrogens is 298 g/mol. The van der Waals surface area contributed by atoms with Crippen LogP contribution >= 0.6 is 0 Å². The molecule has 0 amide bonds. The number of methoxy groups -OCH3 is 1. The van der Waals surface area contributed by atoms with Gasteiger partial charge in [-0.15, -0.1) is 0 Å². The third-order valence-corrected chi connectivity index (χ3v) is 5.80. The third-order valence-electron chi connectivity index (χ3n) is 3.99. The lowest BCUT2D eigenvalue weighted by Crippen LogP contribution is -2.41. The highest BCUT2D eigenvalue weighted by Gasteiger charge is 2.48. The van der Waals surface area contributed by atoms with E-state index in [1.54, 1.807) is 13.2 Å². The first-order valence-electron chi connectivity index (χ1n) is 7.74. The highest BCUT2D eigenvalue weighted by Crippen LogP contribution is 2.51. The molecule has 22 heavy (non-hydrogen) atoms. The fraction of sp³-hybridized carbons (Fsp3) is 0.647. The molecule has 1 aromatic carbocycles. The van der Waals surface area contributed by atoms with Crippen molar-refractivity contribution in [3.05, 3.63) is 29.3 Å². The number of nitrogens with one attached hydrogen (secondary N) is 1. The molecule has 1 aliphatic rings. The quantitative estimate of drug-likeness (QED) is 0.901. The largest absolute Gasteiger partial charge is 0.373 e. The van der Waals surface area contributed by atoms with E-state index in [0.29, 0.717) is 10.8 Å². The van der Waals surface area contributed by atoms with Crippen molar-refractivity contribution >= 4 is 10.0 Å². The number of benzene rings is 1. The highest BCUT2D eigenvalue weighted by molar-refractivity contribution is 7.89. The Balaban J connectivity index is 2.57. The average Bonchev–Trinajstić information content (AvgIpc) is 3.16. The van der Waals surface area contributed by atoms with Crippen molar-refractivity contribution in [3.63, 3.8) is 0 Å². The van der Waals surface area contributed by atoms with Gasteiger partial charge >= 0.3 is 0 Å². The molecule has 1 fully saturated rings. The molecule has 1 aromatic rings. The van der Waals surface area contributed by atoms with Crippen molar-refractivity contribution in [3.8, 4) is 0 Å². The Bertz CT molecular complexity index is 653. The highest BCUT2D eigenvalue weighted by atomic mass is 32.2. The first-order valence-corrected chi connectivity index (χ1v) is 9.23. The zero-order chi connectivity index (χ0) is 16.8. The van der Waals surface area contributed by atoms with Crippen molar-refractivity contribution in [1.82, 2.24) is 4.72 Å². The zero-order valence-electron chi connectivity index (χ0n) is 14.4. The molecule has 2 rings (SSSR count). The predicted molar refractivity (Wildman–Crippen MR) is 88.5 cm³/mol. The van der Waals surface area contributed by atoms with Gasteiger partial charge in [-0.3, -0.25) is 0 Å². The molecule has 5 heteroatoms. The molecule has 0 spiro atoms. The second-order valence-corrected chi connectivity index (χ2v) is 9.12. The van der Waals surface area contributed by atoms with Gasteiger partial charge in [-0.05, 0) is 51.2 Å². The molecule has 1 N–H and O–H groups in total. The average molecular weight is 325 g/mol. The summed E-state index contributed by atoms with van der Waals surface area (Å²) in [5.41, 5.74) is 0.967. The minimum absolute atomic E-state index is 0.339. The van der Waals surface area contributed by atoms with Gasteiger partial charge in [0.05, 0.1) is 10.5 Å². The smallest absolute Gasteiger partial charge is 0.241 e. The van der Waals surface area contributed by atoms with E-state index in [-0.39, 0.29) is 0 Å². The van der Waals surface area contributed by atoms with Crippen LogP contribution < -0.4 is 4.72 Å². The van der Waals surface area contributed by atoms with E-state index < -0.39 is 21.2 Å². The maximum absolute atomic E-state index is 12.8. The Hall–Kier alpha value is -0.910. The van der Waals surface area contributed by atoms with Crippen LogP contribution in [0.2, 0.25) is 0 Å². The number of hydrogen-bond donors (Lipinski definition) is 1. The van der Waals surface area contributed by atoms with Crippen LogP contribution in [0.5, 0.6) is 0 Å². The molecular formula is C17H27NO3S. The fourth-order valence-electron chi connectivity index (χ4n) is 2.65. The molecule has 0 bridgehead atoms. The second kappa shape index (κ2) is 5.62. The van der Waals surface area contributed by atoms with Gasteiger partial charge in [-0.25, -0.2) is 13.1 Å². The monoisotopic (exact) mass is 325 g/mol. The number of rotatable bonds is 5. The van der Waals surface area contributed by atoms with E-state index >= 15 is 0 Å². The Labute approximate surface area is 134 Å². The standard InChI is InChI=1S/C17H27NO3S/c1-12(2)13-7-8-15(22(19,20)18-16(3,4)5)14(11-13)17(21-6)9-10-17/h7-8,11-12,18H,9-10H2,1-6H3. The lowest BCUT2D eigenvalue weighted by atomic mass is 9.97. The first-order chi connectivity index (χ1) is 10.0. The van der Waals surface area contributed by atoms with Crippen LogP contribution in [-0.2, 0) is 20.4 Å². The normalized spacial score (nSPS) is 17.8. The van der Waals surface area contributed by atoms with E-state index in [9.17, 15) is 8.42 Å². The van der Waals surface area contributed by atoms with E-state index in [0.717, 1.165) is 24.0 Å². The maximum Gasteiger partial charge on any atom is 0.241 e. The maximum atomic E-state index is 12.8. The molecule has 0 saturated heterocycles. The van der Waals surface area contributed by atoms with Gasteiger partial charge in [-0.2, -0.15) is 0 Å². The van der Waals surface area contributed by atoms with E-state index in [4.69, 9.17) is 4.74 Å². The fourth-order valence-corrected chi connectivity index (χ4v) is 4.35. The van der Waals surface area contributed by atoms with Crippen LogP contribution in [0.1, 0.15) is 64.5 Å². The zero-order valence-corrected chi connectivity index (χ0v) is 15.2. The van der Waals surface area contributed by atoms with Crippen LogP contribution in [0.4, 0.5) is 0 Å². The second-order valence-electron chi connectivity index (χ2n) is 7.46. The van der Waals surface area contributed by atoms with Crippen molar-refractivity contribution in [2.24, 2.45) is 0 Å². The summed E-state index contributed by atoms with van der Waals surface area (Å²) < 4.78 is 33.9. The van der Waals surface area contributed by atoms with Gasteiger partial charge in [-0.1, -0.05) is 26.0 Å².